The van der Waals surface area contributed by atoms with Crippen LogP contribution in [0.25, 0.3) is 0 Å². The predicted molar refractivity (Wildman–Crippen MR) is 53.5 cm³/mol. The van der Waals surface area contributed by atoms with Crippen LogP contribution in [0.1, 0.15) is 28.8 Å². The van der Waals surface area contributed by atoms with Crippen molar-refractivity contribution in [2.45, 2.75) is 12.8 Å². The molecule has 1 aromatic carbocycles. The monoisotopic (exact) mass is 175 g/mol. The second-order valence-electron chi connectivity index (χ2n) is 3.68. The Hall–Kier alpha value is -1.31. The second kappa shape index (κ2) is 2.87. The summed E-state index contributed by atoms with van der Waals surface area (Å²) in [6.45, 7) is 3.18. The first-order valence-electron chi connectivity index (χ1n) is 4.53. The predicted octanol–water partition coefficient (Wildman–Crippen LogP) is 2.05. The Morgan fingerprint density at radius 1 is 1.54 bits per heavy atom. The maximum absolute atomic E-state index is 10.8. The lowest BCUT2D eigenvalue weighted by atomic mass is 9.98. The lowest BCUT2D eigenvalue weighted by Gasteiger charge is -2.11. The Morgan fingerprint density at radius 2 is 2.31 bits per heavy atom. The van der Waals surface area contributed by atoms with Gasteiger partial charge in [-0.15, -0.1) is 0 Å². The highest BCUT2D eigenvalue weighted by atomic mass is 16.1. The van der Waals surface area contributed by atoms with Gasteiger partial charge in [0.1, 0.15) is 6.29 Å². The number of carbonyl (C=O) groups is 1. The summed E-state index contributed by atoms with van der Waals surface area (Å²) in [7, 11) is 2.07. The summed E-state index contributed by atoms with van der Waals surface area (Å²) >= 11 is 0. The van der Waals surface area contributed by atoms with E-state index >= 15 is 0 Å². The molecule has 0 amide bonds. The van der Waals surface area contributed by atoms with Gasteiger partial charge in [-0.2, -0.15) is 0 Å². The first-order valence-corrected chi connectivity index (χ1v) is 4.53. The lowest BCUT2D eigenvalue weighted by molar-refractivity contribution is 0.112. The zero-order valence-corrected chi connectivity index (χ0v) is 7.95. The molecule has 0 saturated heterocycles. The van der Waals surface area contributed by atoms with Gasteiger partial charge in [0.2, 0.25) is 0 Å². The molecule has 1 atom stereocenters. The summed E-state index contributed by atoms with van der Waals surface area (Å²) in [5, 5.41) is 0. The van der Waals surface area contributed by atoms with Crippen LogP contribution in [0.5, 0.6) is 0 Å². The molecule has 13 heavy (non-hydrogen) atoms. The standard InChI is InChI=1S/C11H13NO/c1-8-6-12(2)10-5-3-4-9(7-13)11(8)10/h3-5,7-8H,6H2,1-2H3. The number of carbonyl (C=O) groups excluding carboxylic acids is 1. The number of hydrogen-bond donors (Lipinski definition) is 0. The average molecular weight is 175 g/mol. The molecule has 1 aliphatic heterocycles. The number of hydrogen-bond acceptors (Lipinski definition) is 2. The van der Waals surface area contributed by atoms with Gasteiger partial charge in [0.05, 0.1) is 0 Å². The zero-order chi connectivity index (χ0) is 9.42. The number of aldehydes is 1. The van der Waals surface area contributed by atoms with Crippen molar-refractivity contribution in [2.75, 3.05) is 18.5 Å². The molecule has 0 bridgehead atoms. The molecule has 0 spiro atoms. The molecule has 1 aromatic rings. The number of benzene rings is 1. The van der Waals surface area contributed by atoms with E-state index < -0.39 is 0 Å². The van der Waals surface area contributed by atoms with E-state index in [1.54, 1.807) is 0 Å². The van der Waals surface area contributed by atoms with Crippen LogP contribution in [-0.4, -0.2) is 19.9 Å². The maximum Gasteiger partial charge on any atom is 0.150 e. The van der Waals surface area contributed by atoms with E-state index in [9.17, 15) is 4.79 Å². The molecule has 0 N–H and O–H groups in total. The molecule has 0 aromatic heterocycles. The van der Waals surface area contributed by atoms with E-state index in [-0.39, 0.29) is 0 Å². The highest BCUT2D eigenvalue weighted by Crippen LogP contribution is 2.36. The SMILES string of the molecule is CC1CN(C)c2cccc(C=O)c21. The third-order valence-corrected chi connectivity index (χ3v) is 2.70. The summed E-state index contributed by atoms with van der Waals surface area (Å²) in [5.41, 5.74) is 3.26. The first kappa shape index (κ1) is 8.30. The largest absolute Gasteiger partial charge is 0.374 e. The number of fused-ring (bicyclic) bond motifs is 1. The Labute approximate surface area is 78.2 Å². The fourth-order valence-corrected chi connectivity index (χ4v) is 2.14. The molecule has 0 fully saturated rings. The van der Waals surface area contributed by atoms with Crippen molar-refractivity contribution in [1.82, 2.24) is 0 Å². The zero-order valence-electron chi connectivity index (χ0n) is 7.95. The number of rotatable bonds is 1. The van der Waals surface area contributed by atoms with Gasteiger partial charge in [-0.25, -0.2) is 0 Å². The number of anilines is 1. The van der Waals surface area contributed by atoms with Gasteiger partial charge in [-0.3, -0.25) is 4.79 Å². The third kappa shape index (κ3) is 1.13. The van der Waals surface area contributed by atoms with Crippen LogP contribution < -0.4 is 4.90 Å². The normalized spacial score (nSPS) is 20.2. The Balaban J connectivity index is 2.61. The summed E-state index contributed by atoms with van der Waals surface area (Å²) < 4.78 is 0. The van der Waals surface area contributed by atoms with Crippen molar-refractivity contribution in [1.29, 1.82) is 0 Å². The smallest absolute Gasteiger partial charge is 0.150 e. The van der Waals surface area contributed by atoms with Crippen LogP contribution in [0.2, 0.25) is 0 Å². The van der Waals surface area contributed by atoms with Gasteiger partial charge in [0.25, 0.3) is 0 Å². The quantitative estimate of drug-likeness (QED) is 0.609. The molecule has 0 saturated carbocycles. The second-order valence-corrected chi connectivity index (χ2v) is 3.68. The minimum absolute atomic E-state index is 0.474. The highest BCUT2D eigenvalue weighted by molar-refractivity contribution is 5.82. The van der Waals surface area contributed by atoms with Crippen LogP contribution in [-0.2, 0) is 0 Å². The highest BCUT2D eigenvalue weighted by Gasteiger charge is 2.24. The van der Waals surface area contributed by atoms with Crippen LogP contribution in [0.3, 0.4) is 0 Å². The van der Waals surface area contributed by atoms with Crippen LogP contribution in [0.15, 0.2) is 18.2 Å². The Kier molecular flexibility index (Phi) is 1.83. The maximum atomic E-state index is 10.8. The molecule has 1 heterocycles. The van der Waals surface area contributed by atoms with E-state index in [0.29, 0.717) is 5.92 Å². The molecular weight excluding hydrogens is 162 g/mol. The van der Waals surface area contributed by atoms with E-state index in [1.807, 2.05) is 12.1 Å². The van der Waals surface area contributed by atoms with E-state index in [4.69, 9.17) is 0 Å². The summed E-state index contributed by atoms with van der Waals surface area (Å²) in [5.74, 6) is 0.474. The minimum Gasteiger partial charge on any atom is -0.374 e. The molecule has 1 unspecified atom stereocenters. The van der Waals surface area contributed by atoms with Crippen LogP contribution in [0.4, 0.5) is 5.69 Å². The Morgan fingerprint density at radius 3 is 3.00 bits per heavy atom. The van der Waals surface area contributed by atoms with Crippen molar-refractivity contribution in [3.8, 4) is 0 Å². The number of nitrogens with zero attached hydrogens (tertiary/aromatic N) is 1. The van der Waals surface area contributed by atoms with Gasteiger partial charge in [0.15, 0.2) is 0 Å². The van der Waals surface area contributed by atoms with E-state index in [2.05, 4.69) is 24.9 Å². The van der Waals surface area contributed by atoms with Crippen molar-refractivity contribution < 1.29 is 4.79 Å². The molecule has 1 aliphatic rings. The van der Waals surface area contributed by atoms with Crippen molar-refractivity contribution in [3.05, 3.63) is 29.3 Å². The fraction of sp³-hybridized carbons (Fsp3) is 0.364. The summed E-state index contributed by atoms with van der Waals surface area (Å²) in [6, 6.07) is 5.91. The first-order chi connectivity index (χ1) is 6.24. The van der Waals surface area contributed by atoms with Crippen molar-refractivity contribution in [3.63, 3.8) is 0 Å². The molecule has 0 aliphatic carbocycles. The molecule has 2 heteroatoms. The summed E-state index contributed by atoms with van der Waals surface area (Å²) in [6.07, 6.45) is 0.953. The van der Waals surface area contributed by atoms with Gasteiger partial charge in [0, 0.05) is 30.8 Å². The average Bonchev–Trinajstić information content (AvgIpc) is 2.43. The molecular formula is C11H13NO. The summed E-state index contributed by atoms with van der Waals surface area (Å²) in [4.78, 5) is 13.0. The van der Waals surface area contributed by atoms with Crippen molar-refractivity contribution >= 4 is 12.0 Å². The minimum atomic E-state index is 0.474. The van der Waals surface area contributed by atoms with E-state index in [0.717, 1.165) is 18.4 Å². The molecule has 0 radical (unpaired) electrons. The van der Waals surface area contributed by atoms with E-state index in [1.165, 1.54) is 11.3 Å². The Bertz CT molecular complexity index is 346. The van der Waals surface area contributed by atoms with Gasteiger partial charge in [-0.1, -0.05) is 19.1 Å². The molecule has 2 rings (SSSR count). The van der Waals surface area contributed by atoms with Gasteiger partial charge in [-0.05, 0) is 11.6 Å². The fourth-order valence-electron chi connectivity index (χ4n) is 2.14. The van der Waals surface area contributed by atoms with Crippen LogP contribution in [0, 0.1) is 0 Å². The lowest BCUT2D eigenvalue weighted by Crippen LogP contribution is -2.13. The van der Waals surface area contributed by atoms with Gasteiger partial charge >= 0.3 is 0 Å². The molecule has 2 nitrogen and oxygen atoms in total. The van der Waals surface area contributed by atoms with Gasteiger partial charge < -0.3 is 4.90 Å². The third-order valence-electron chi connectivity index (χ3n) is 2.70. The van der Waals surface area contributed by atoms with Crippen LogP contribution >= 0.6 is 0 Å². The van der Waals surface area contributed by atoms with Crippen molar-refractivity contribution in [2.24, 2.45) is 0 Å². The number of likely N-dealkylation sites (N-methyl/N-ethyl adjacent to an activating group) is 1. The topological polar surface area (TPSA) is 20.3 Å². The molecule has 68 valence electrons.